The molecule has 1 N–H and O–H groups in total. The number of piperidine rings is 1. The SMILES string of the molecule is Cn1nnc(C2(c3ccccc3)CCNCC2)n1. The van der Waals surface area contributed by atoms with Crippen LogP contribution in [-0.2, 0) is 12.5 Å². The van der Waals surface area contributed by atoms with E-state index in [9.17, 15) is 0 Å². The first-order valence-electron chi connectivity index (χ1n) is 6.32. The highest BCUT2D eigenvalue weighted by atomic mass is 15.6. The number of rotatable bonds is 2. The van der Waals surface area contributed by atoms with E-state index in [0.29, 0.717) is 0 Å². The normalized spacial score (nSPS) is 18.7. The van der Waals surface area contributed by atoms with Crippen molar-refractivity contribution in [3.8, 4) is 0 Å². The Morgan fingerprint density at radius 1 is 1.17 bits per heavy atom. The second kappa shape index (κ2) is 4.49. The van der Waals surface area contributed by atoms with E-state index < -0.39 is 0 Å². The molecule has 0 atom stereocenters. The van der Waals surface area contributed by atoms with Gasteiger partial charge >= 0.3 is 0 Å². The van der Waals surface area contributed by atoms with E-state index in [4.69, 9.17) is 0 Å². The van der Waals surface area contributed by atoms with Crippen LogP contribution in [0.1, 0.15) is 24.2 Å². The summed E-state index contributed by atoms with van der Waals surface area (Å²) in [6, 6.07) is 10.5. The molecule has 2 heterocycles. The highest BCUT2D eigenvalue weighted by molar-refractivity contribution is 5.33. The number of hydrogen-bond donors (Lipinski definition) is 1. The summed E-state index contributed by atoms with van der Waals surface area (Å²) in [5.74, 6) is 0.845. The molecule has 0 aliphatic carbocycles. The van der Waals surface area contributed by atoms with Gasteiger partial charge in [0, 0.05) is 0 Å². The zero-order valence-electron chi connectivity index (χ0n) is 10.5. The van der Waals surface area contributed by atoms with E-state index in [1.807, 2.05) is 13.1 Å². The third-order valence-electron chi connectivity index (χ3n) is 3.72. The summed E-state index contributed by atoms with van der Waals surface area (Å²) in [5.41, 5.74) is 1.21. The summed E-state index contributed by atoms with van der Waals surface area (Å²) in [4.78, 5) is 1.54. The lowest BCUT2D eigenvalue weighted by molar-refractivity contribution is 0.344. The minimum atomic E-state index is -0.0826. The Balaban J connectivity index is 2.09. The molecular formula is C13H17N5. The van der Waals surface area contributed by atoms with Gasteiger partial charge < -0.3 is 5.32 Å². The molecule has 0 unspecified atom stereocenters. The van der Waals surface area contributed by atoms with Gasteiger partial charge in [-0.15, -0.1) is 10.2 Å². The Kier molecular flexibility index (Phi) is 2.83. The molecule has 3 rings (SSSR count). The van der Waals surface area contributed by atoms with Gasteiger partial charge in [0.25, 0.3) is 0 Å². The third-order valence-corrected chi connectivity index (χ3v) is 3.72. The zero-order valence-corrected chi connectivity index (χ0v) is 10.5. The van der Waals surface area contributed by atoms with Crippen LogP contribution < -0.4 is 5.32 Å². The number of tetrazole rings is 1. The lowest BCUT2D eigenvalue weighted by Gasteiger charge is -2.35. The van der Waals surface area contributed by atoms with Crippen molar-refractivity contribution in [2.45, 2.75) is 18.3 Å². The van der Waals surface area contributed by atoms with Crippen molar-refractivity contribution in [3.63, 3.8) is 0 Å². The van der Waals surface area contributed by atoms with Crippen molar-refractivity contribution in [2.24, 2.45) is 7.05 Å². The molecule has 94 valence electrons. The maximum atomic E-state index is 4.45. The summed E-state index contributed by atoms with van der Waals surface area (Å²) in [6.07, 6.45) is 2.03. The number of nitrogens with zero attached hydrogens (tertiary/aromatic N) is 4. The second-order valence-electron chi connectivity index (χ2n) is 4.80. The fraction of sp³-hybridized carbons (Fsp3) is 0.462. The van der Waals surface area contributed by atoms with Crippen LogP contribution >= 0.6 is 0 Å². The van der Waals surface area contributed by atoms with Gasteiger partial charge in [0.2, 0.25) is 0 Å². The first-order chi connectivity index (χ1) is 8.81. The minimum Gasteiger partial charge on any atom is -0.317 e. The van der Waals surface area contributed by atoms with Crippen molar-refractivity contribution < 1.29 is 0 Å². The first kappa shape index (κ1) is 11.3. The molecule has 0 spiro atoms. The van der Waals surface area contributed by atoms with Crippen LogP contribution in [0, 0.1) is 0 Å². The summed E-state index contributed by atoms with van der Waals surface area (Å²) >= 11 is 0. The third kappa shape index (κ3) is 1.80. The molecule has 1 aromatic heterocycles. The van der Waals surface area contributed by atoms with E-state index in [1.165, 1.54) is 5.56 Å². The summed E-state index contributed by atoms with van der Waals surface area (Å²) in [7, 11) is 1.82. The van der Waals surface area contributed by atoms with Crippen LogP contribution in [0.5, 0.6) is 0 Å². The number of aromatic nitrogens is 4. The Hall–Kier alpha value is -1.75. The van der Waals surface area contributed by atoms with Crippen LogP contribution in [0.3, 0.4) is 0 Å². The fourth-order valence-corrected chi connectivity index (χ4v) is 2.73. The summed E-state index contributed by atoms with van der Waals surface area (Å²) < 4.78 is 0. The van der Waals surface area contributed by atoms with Crippen molar-refractivity contribution in [2.75, 3.05) is 13.1 Å². The highest BCUT2D eigenvalue weighted by Gasteiger charge is 2.39. The van der Waals surface area contributed by atoms with E-state index in [2.05, 4.69) is 45.0 Å². The quantitative estimate of drug-likeness (QED) is 0.850. The van der Waals surface area contributed by atoms with Crippen molar-refractivity contribution in [1.82, 2.24) is 25.5 Å². The van der Waals surface area contributed by atoms with E-state index >= 15 is 0 Å². The first-order valence-corrected chi connectivity index (χ1v) is 6.32. The Morgan fingerprint density at radius 2 is 1.89 bits per heavy atom. The molecule has 1 fully saturated rings. The number of hydrogen-bond acceptors (Lipinski definition) is 4. The maximum Gasteiger partial charge on any atom is 0.185 e. The molecule has 1 aliphatic rings. The summed E-state index contributed by atoms with van der Waals surface area (Å²) in [6.45, 7) is 1.99. The molecule has 1 aliphatic heterocycles. The van der Waals surface area contributed by atoms with Gasteiger partial charge in [-0.25, -0.2) is 0 Å². The molecule has 5 heteroatoms. The van der Waals surface area contributed by atoms with Gasteiger partial charge in [-0.3, -0.25) is 0 Å². The predicted octanol–water partition coefficient (Wildman–Crippen LogP) is 0.880. The topological polar surface area (TPSA) is 55.6 Å². The minimum absolute atomic E-state index is 0.0826. The zero-order chi connectivity index (χ0) is 12.4. The molecule has 18 heavy (non-hydrogen) atoms. The molecule has 0 saturated carbocycles. The average Bonchev–Trinajstić information content (AvgIpc) is 2.88. The monoisotopic (exact) mass is 243 g/mol. The Bertz CT molecular complexity index is 513. The van der Waals surface area contributed by atoms with Crippen molar-refractivity contribution in [3.05, 3.63) is 41.7 Å². The molecule has 5 nitrogen and oxygen atoms in total. The Morgan fingerprint density at radius 3 is 2.50 bits per heavy atom. The van der Waals surface area contributed by atoms with Gasteiger partial charge in [-0.1, -0.05) is 30.3 Å². The second-order valence-corrected chi connectivity index (χ2v) is 4.80. The molecule has 0 bridgehead atoms. The summed E-state index contributed by atoms with van der Waals surface area (Å²) in [5, 5.41) is 16.1. The van der Waals surface area contributed by atoms with Gasteiger partial charge in [0.05, 0.1) is 12.5 Å². The van der Waals surface area contributed by atoms with Crippen LogP contribution in [-0.4, -0.2) is 33.3 Å². The number of benzene rings is 1. The highest BCUT2D eigenvalue weighted by Crippen LogP contribution is 2.37. The number of nitrogens with one attached hydrogen (secondary N) is 1. The number of aryl methyl sites for hydroxylation is 1. The van der Waals surface area contributed by atoms with Crippen molar-refractivity contribution >= 4 is 0 Å². The largest absolute Gasteiger partial charge is 0.317 e. The van der Waals surface area contributed by atoms with Gasteiger partial charge in [-0.05, 0) is 36.7 Å². The van der Waals surface area contributed by atoms with E-state index in [-0.39, 0.29) is 5.41 Å². The predicted molar refractivity (Wildman–Crippen MR) is 68.1 cm³/mol. The smallest absolute Gasteiger partial charge is 0.185 e. The van der Waals surface area contributed by atoms with Gasteiger partial charge in [0.1, 0.15) is 0 Å². The van der Waals surface area contributed by atoms with Crippen molar-refractivity contribution in [1.29, 1.82) is 0 Å². The molecule has 1 aromatic carbocycles. The van der Waals surface area contributed by atoms with E-state index in [1.54, 1.807) is 4.80 Å². The Labute approximate surface area is 106 Å². The van der Waals surface area contributed by atoms with Gasteiger partial charge in [0.15, 0.2) is 5.82 Å². The van der Waals surface area contributed by atoms with Crippen LogP contribution in [0.25, 0.3) is 0 Å². The molecular weight excluding hydrogens is 226 g/mol. The van der Waals surface area contributed by atoms with Crippen LogP contribution in [0.4, 0.5) is 0 Å². The molecule has 0 radical (unpaired) electrons. The average molecular weight is 243 g/mol. The van der Waals surface area contributed by atoms with Crippen LogP contribution in [0.15, 0.2) is 30.3 Å². The molecule has 1 saturated heterocycles. The lowest BCUT2D eigenvalue weighted by atomic mass is 9.72. The van der Waals surface area contributed by atoms with Crippen LogP contribution in [0.2, 0.25) is 0 Å². The van der Waals surface area contributed by atoms with Gasteiger partial charge in [-0.2, -0.15) is 4.80 Å². The molecule has 2 aromatic rings. The van der Waals surface area contributed by atoms with E-state index in [0.717, 1.165) is 31.8 Å². The maximum absolute atomic E-state index is 4.45. The fourth-order valence-electron chi connectivity index (χ4n) is 2.73. The standard InChI is InChI=1S/C13H17N5/c1-18-16-12(15-17-18)13(7-9-14-10-8-13)11-5-3-2-4-6-11/h2-6,14H,7-10H2,1H3. The lowest BCUT2D eigenvalue weighted by Crippen LogP contribution is -2.41. The molecule has 0 amide bonds.